The third kappa shape index (κ3) is 2.43. The molecule has 0 spiro atoms. The number of nitrogens with one attached hydrogen (secondary N) is 1. The van der Waals surface area contributed by atoms with Crippen LogP contribution in [0.25, 0.3) is 0 Å². The molecular weight excluding hydrogens is 211 g/mol. The maximum atomic E-state index is 12.5. The molecule has 1 atom stereocenters. The summed E-state index contributed by atoms with van der Waals surface area (Å²) < 4.78 is 47.7. The number of hydrogen-bond acceptors (Lipinski definition) is 3. The zero-order valence-electron chi connectivity index (χ0n) is 8.27. The van der Waals surface area contributed by atoms with E-state index in [9.17, 15) is 13.2 Å². The molecule has 0 amide bonds. The second-order valence-corrected chi connectivity index (χ2v) is 4.06. The first-order valence-corrected chi connectivity index (χ1v) is 5.05. The van der Waals surface area contributed by atoms with Crippen LogP contribution in [-0.2, 0) is 9.47 Å². The van der Waals surface area contributed by atoms with E-state index in [1.54, 1.807) is 0 Å². The maximum Gasteiger partial charge on any atom is 0.406 e. The number of halogens is 3. The van der Waals surface area contributed by atoms with Crippen molar-refractivity contribution < 1.29 is 22.6 Å². The molecule has 88 valence electrons. The summed E-state index contributed by atoms with van der Waals surface area (Å²) in [5, 5.41) is 2.57. The Bertz CT molecular complexity index is 222. The van der Waals surface area contributed by atoms with Crippen LogP contribution in [-0.4, -0.2) is 37.8 Å². The van der Waals surface area contributed by atoms with Crippen molar-refractivity contribution in [1.82, 2.24) is 5.32 Å². The van der Waals surface area contributed by atoms with E-state index < -0.39 is 11.7 Å². The van der Waals surface area contributed by atoms with Gasteiger partial charge in [0.05, 0.1) is 12.7 Å². The minimum Gasteiger partial charge on any atom is -0.355 e. The molecule has 1 N–H and O–H groups in total. The molecule has 1 aliphatic carbocycles. The van der Waals surface area contributed by atoms with Crippen LogP contribution < -0.4 is 5.32 Å². The predicted molar refractivity (Wildman–Crippen MR) is 46.3 cm³/mol. The van der Waals surface area contributed by atoms with Gasteiger partial charge in [0.2, 0.25) is 0 Å². The first-order chi connectivity index (χ1) is 7.04. The van der Waals surface area contributed by atoms with Crippen molar-refractivity contribution in [3.05, 3.63) is 0 Å². The third-order valence-electron chi connectivity index (χ3n) is 2.93. The normalized spacial score (nSPS) is 30.2. The SMILES string of the molecule is FC(F)(F)C1(NCC2CCOCO2)CC1. The monoisotopic (exact) mass is 225 g/mol. The number of hydrogen-bond donors (Lipinski definition) is 1. The van der Waals surface area contributed by atoms with Gasteiger partial charge in [-0.1, -0.05) is 0 Å². The molecule has 0 aromatic rings. The highest BCUT2D eigenvalue weighted by molar-refractivity contribution is 5.08. The van der Waals surface area contributed by atoms with Crippen LogP contribution in [0, 0.1) is 0 Å². The van der Waals surface area contributed by atoms with Crippen molar-refractivity contribution in [2.24, 2.45) is 0 Å². The highest BCUT2D eigenvalue weighted by atomic mass is 19.4. The molecule has 2 aliphatic rings. The summed E-state index contributed by atoms with van der Waals surface area (Å²) in [5.74, 6) is 0. The molecule has 1 saturated carbocycles. The number of alkyl halides is 3. The average molecular weight is 225 g/mol. The molecule has 0 aromatic carbocycles. The molecule has 6 heteroatoms. The second-order valence-electron chi connectivity index (χ2n) is 4.06. The summed E-state index contributed by atoms with van der Waals surface area (Å²) in [6.07, 6.45) is -3.28. The van der Waals surface area contributed by atoms with Crippen molar-refractivity contribution in [2.45, 2.75) is 37.1 Å². The van der Waals surface area contributed by atoms with Crippen molar-refractivity contribution in [1.29, 1.82) is 0 Å². The topological polar surface area (TPSA) is 30.5 Å². The quantitative estimate of drug-likeness (QED) is 0.788. The molecule has 2 fully saturated rings. The highest BCUT2D eigenvalue weighted by Crippen LogP contribution is 2.48. The minimum atomic E-state index is -4.14. The third-order valence-corrected chi connectivity index (χ3v) is 2.93. The van der Waals surface area contributed by atoms with Crippen LogP contribution in [0.3, 0.4) is 0 Å². The van der Waals surface area contributed by atoms with E-state index in [1.807, 2.05) is 0 Å². The summed E-state index contributed by atoms with van der Waals surface area (Å²) in [5.41, 5.74) is -1.63. The first-order valence-electron chi connectivity index (χ1n) is 5.05. The Morgan fingerprint density at radius 3 is 2.53 bits per heavy atom. The lowest BCUT2D eigenvalue weighted by Crippen LogP contribution is -2.48. The van der Waals surface area contributed by atoms with E-state index in [0.717, 1.165) is 0 Å². The van der Waals surface area contributed by atoms with Gasteiger partial charge < -0.3 is 14.8 Å². The molecule has 2 rings (SSSR count). The molecular formula is C9H14F3NO2. The molecule has 0 aromatic heterocycles. The van der Waals surface area contributed by atoms with Gasteiger partial charge in [0.15, 0.2) is 0 Å². The Kier molecular flexibility index (Phi) is 2.92. The van der Waals surface area contributed by atoms with Gasteiger partial charge in [-0.2, -0.15) is 13.2 Å². The standard InChI is InChI=1S/C9H14F3NO2/c10-9(11,12)8(2-3-8)13-5-7-1-4-14-6-15-7/h7,13H,1-6H2. The second kappa shape index (κ2) is 3.92. The molecule has 0 bridgehead atoms. The first kappa shape index (κ1) is 11.2. The minimum absolute atomic E-state index is 0.154. The lowest BCUT2D eigenvalue weighted by atomic mass is 10.2. The maximum absolute atomic E-state index is 12.5. The van der Waals surface area contributed by atoms with Gasteiger partial charge in [0.25, 0.3) is 0 Å². The summed E-state index contributed by atoms with van der Waals surface area (Å²) in [4.78, 5) is 0. The smallest absolute Gasteiger partial charge is 0.355 e. The van der Waals surface area contributed by atoms with Gasteiger partial charge in [0, 0.05) is 6.54 Å². The van der Waals surface area contributed by atoms with Crippen LogP contribution in [0.15, 0.2) is 0 Å². The van der Waals surface area contributed by atoms with Crippen LogP contribution in [0.2, 0.25) is 0 Å². The van der Waals surface area contributed by atoms with Crippen molar-refractivity contribution in [3.63, 3.8) is 0 Å². The molecule has 15 heavy (non-hydrogen) atoms. The molecule has 1 aliphatic heterocycles. The summed E-state index contributed by atoms with van der Waals surface area (Å²) in [6.45, 7) is 1.000. The summed E-state index contributed by atoms with van der Waals surface area (Å²) in [7, 11) is 0. The highest BCUT2D eigenvalue weighted by Gasteiger charge is 2.63. The molecule has 0 radical (unpaired) electrons. The zero-order valence-corrected chi connectivity index (χ0v) is 8.27. The molecule has 1 saturated heterocycles. The van der Waals surface area contributed by atoms with Gasteiger partial charge in [-0.15, -0.1) is 0 Å². The fraction of sp³-hybridized carbons (Fsp3) is 1.00. The van der Waals surface area contributed by atoms with Crippen LogP contribution in [0.1, 0.15) is 19.3 Å². The lowest BCUT2D eigenvalue weighted by molar-refractivity contribution is -0.172. The van der Waals surface area contributed by atoms with E-state index in [0.29, 0.717) is 13.0 Å². The summed E-state index contributed by atoms with van der Waals surface area (Å²) >= 11 is 0. The van der Waals surface area contributed by atoms with E-state index >= 15 is 0 Å². The van der Waals surface area contributed by atoms with Crippen LogP contribution in [0.5, 0.6) is 0 Å². The number of rotatable bonds is 3. The summed E-state index contributed by atoms with van der Waals surface area (Å²) in [6, 6.07) is 0. The fourth-order valence-electron chi connectivity index (χ4n) is 1.66. The van der Waals surface area contributed by atoms with Gasteiger partial charge >= 0.3 is 6.18 Å². The fourth-order valence-corrected chi connectivity index (χ4v) is 1.66. The van der Waals surface area contributed by atoms with E-state index in [-0.39, 0.29) is 32.3 Å². The van der Waals surface area contributed by atoms with Crippen molar-refractivity contribution >= 4 is 0 Å². The lowest BCUT2D eigenvalue weighted by Gasteiger charge is -2.27. The van der Waals surface area contributed by atoms with Crippen molar-refractivity contribution in [2.75, 3.05) is 19.9 Å². The molecule has 1 unspecified atom stereocenters. The molecule has 3 nitrogen and oxygen atoms in total. The van der Waals surface area contributed by atoms with E-state index in [1.165, 1.54) is 0 Å². The van der Waals surface area contributed by atoms with Crippen molar-refractivity contribution in [3.8, 4) is 0 Å². The van der Waals surface area contributed by atoms with Gasteiger partial charge in [-0.05, 0) is 19.3 Å². The van der Waals surface area contributed by atoms with Gasteiger partial charge in [-0.3, -0.25) is 0 Å². The van der Waals surface area contributed by atoms with E-state index in [4.69, 9.17) is 9.47 Å². The molecule has 1 heterocycles. The Morgan fingerprint density at radius 1 is 1.33 bits per heavy atom. The van der Waals surface area contributed by atoms with Crippen LogP contribution in [0.4, 0.5) is 13.2 Å². The van der Waals surface area contributed by atoms with Crippen LogP contribution >= 0.6 is 0 Å². The Hall–Kier alpha value is -0.330. The predicted octanol–water partition coefficient (Wildman–Crippen LogP) is 1.43. The van der Waals surface area contributed by atoms with Gasteiger partial charge in [-0.25, -0.2) is 0 Å². The number of ether oxygens (including phenoxy) is 2. The zero-order chi connectivity index (χ0) is 10.9. The Labute approximate surface area is 85.9 Å². The average Bonchev–Trinajstić information content (AvgIpc) is 2.96. The largest absolute Gasteiger partial charge is 0.406 e. The Morgan fingerprint density at radius 2 is 2.07 bits per heavy atom. The van der Waals surface area contributed by atoms with E-state index in [2.05, 4.69) is 5.32 Å². The van der Waals surface area contributed by atoms with Gasteiger partial charge in [0.1, 0.15) is 12.3 Å². The Balaban J connectivity index is 1.77.